The van der Waals surface area contributed by atoms with Gasteiger partial charge in [-0.1, -0.05) is 42.5 Å². The van der Waals surface area contributed by atoms with Crippen LogP contribution in [0.4, 0.5) is 4.39 Å². The van der Waals surface area contributed by atoms with Crippen molar-refractivity contribution >= 4 is 11.8 Å². The SMILES string of the molecule is O=C(CNC(=O)Cc1ccccc1)NCc1ccc(F)cc1. The Morgan fingerprint density at radius 1 is 0.818 bits per heavy atom. The molecule has 0 saturated carbocycles. The lowest BCUT2D eigenvalue weighted by Gasteiger charge is -2.07. The van der Waals surface area contributed by atoms with E-state index in [4.69, 9.17) is 0 Å². The van der Waals surface area contributed by atoms with Gasteiger partial charge >= 0.3 is 0 Å². The number of carbonyl (C=O) groups is 2. The van der Waals surface area contributed by atoms with Crippen molar-refractivity contribution in [2.45, 2.75) is 13.0 Å². The molecule has 2 N–H and O–H groups in total. The van der Waals surface area contributed by atoms with Crippen LogP contribution >= 0.6 is 0 Å². The number of nitrogens with one attached hydrogen (secondary N) is 2. The van der Waals surface area contributed by atoms with Crippen LogP contribution in [-0.2, 0) is 22.6 Å². The Hall–Kier alpha value is -2.69. The first-order valence-corrected chi connectivity index (χ1v) is 6.95. The third kappa shape index (κ3) is 5.36. The third-order valence-corrected chi connectivity index (χ3v) is 3.06. The molecule has 0 unspecified atom stereocenters. The first kappa shape index (κ1) is 15.7. The van der Waals surface area contributed by atoms with Gasteiger partial charge in [-0.25, -0.2) is 4.39 Å². The molecule has 4 nitrogen and oxygen atoms in total. The second-order valence-electron chi connectivity index (χ2n) is 4.84. The predicted octanol–water partition coefficient (Wildman–Crippen LogP) is 1.80. The summed E-state index contributed by atoms with van der Waals surface area (Å²) in [5.74, 6) is -0.808. The number of rotatable bonds is 6. The molecule has 2 aromatic rings. The standard InChI is InChI=1S/C17H17FN2O2/c18-15-8-6-14(7-9-15)11-19-17(22)12-20-16(21)10-13-4-2-1-3-5-13/h1-9H,10-12H2,(H,19,22)(H,20,21). The number of hydrogen-bond donors (Lipinski definition) is 2. The van der Waals surface area contributed by atoms with Crippen LogP contribution in [0, 0.1) is 5.82 Å². The normalized spacial score (nSPS) is 10.0. The summed E-state index contributed by atoms with van der Waals surface area (Å²) >= 11 is 0. The average molecular weight is 300 g/mol. The van der Waals surface area contributed by atoms with Gasteiger partial charge in [0.25, 0.3) is 0 Å². The highest BCUT2D eigenvalue weighted by Gasteiger charge is 2.06. The van der Waals surface area contributed by atoms with E-state index >= 15 is 0 Å². The Morgan fingerprint density at radius 3 is 2.18 bits per heavy atom. The first-order chi connectivity index (χ1) is 10.6. The van der Waals surface area contributed by atoms with Gasteiger partial charge in [-0.15, -0.1) is 0 Å². The Bertz CT molecular complexity index is 627. The van der Waals surface area contributed by atoms with E-state index in [0.717, 1.165) is 11.1 Å². The van der Waals surface area contributed by atoms with Gasteiger partial charge in [0, 0.05) is 6.54 Å². The minimum atomic E-state index is -0.316. The predicted molar refractivity (Wildman–Crippen MR) is 81.4 cm³/mol. The summed E-state index contributed by atoms with van der Waals surface area (Å²) in [5.41, 5.74) is 1.69. The molecular weight excluding hydrogens is 283 g/mol. The lowest BCUT2D eigenvalue weighted by Crippen LogP contribution is -2.37. The summed E-state index contributed by atoms with van der Waals surface area (Å²) in [5, 5.41) is 5.23. The van der Waals surface area contributed by atoms with Gasteiger partial charge in [0.2, 0.25) is 11.8 Å². The summed E-state index contributed by atoms with van der Waals surface area (Å²) < 4.78 is 12.7. The van der Waals surface area contributed by atoms with Gasteiger partial charge in [-0.3, -0.25) is 9.59 Å². The van der Waals surface area contributed by atoms with E-state index in [9.17, 15) is 14.0 Å². The molecule has 0 heterocycles. The molecule has 0 bridgehead atoms. The topological polar surface area (TPSA) is 58.2 Å². The van der Waals surface area contributed by atoms with Crippen LogP contribution in [0.5, 0.6) is 0 Å². The van der Waals surface area contributed by atoms with Crippen molar-refractivity contribution in [2.75, 3.05) is 6.54 Å². The van der Waals surface area contributed by atoms with Crippen molar-refractivity contribution in [3.05, 3.63) is 71.5 Å². The monoisotopic (exact) mass is 300 g/mol. The van der Waals surface area contributed by atoms with Gasteiger partial charge < -0.3 is 10.6 Å². The zero-order valence-corrected chi connectivity index (χ0v) is 12.0. The van der Waals surface area contributed by atoms with Crippen molar-refractivity contribution in [3.63, 3.8) is 0 Å². The highest BCUT2D eigenvalue weighted by molar-refractivity contribution is 5.85. The molecule has 0 aromatic heterocycles. The van der Waals surface area contributed by atoms with Crippen LogP contribution in [-0.4, -0.2) is 18.4 Å². The Kier molecular flexibility index (Phi) is 5.65. The molecule has 2 aromatic carbocycles. The lowest BCUT2D eigenvalue weighted by atomic mass is 10.1. The molecule has 0 radical (unpaired) electrons. The van der Waals surface area contributed by atoms with E-state index in [1.807, 2.05) is 30.3 Å². The van der Waals surface area contributed by atoms with Crippen molar-refractivity contribution < 1.29 is 14.0 Å². The van der Waals surface area contributed by atoms with Crippen molar-refractivity contribution in [1.29, 1.82) is 0 Å². The van der Waals surface area contributed by atoms with Crippen LogP contribution in [0.3, 0.4) is 0 Å². The summed E-state index contributed by atoms with van der Waals surface area (Å²) in [7, 11) is 0. The highest BCUT2D eigenvalue weighted by Crippen LogP contribution is 2.02. The Balaban J connectivity index is 1.69. The lowest BCUT2D eigenvalue weighted by molar-refractivity contribution is -0.125. The molecule has 0 fully saturated rings. The molecule has 0 saturated heterocycles. The second kappa shape index (κ2) is 7.93. The molecule has 5 heteroatoms. The zero-order valence-electron chi connectivity index (χ0n) is 12.0. The molecule has 0 aliphatic heterocycles. The summed E-state index contributed by atoms with van der Waals surface area (Å²) in [6, 6.07) is 15.2. The Morgan fingerprint density at radius 2 is 1.50 bits per heavy atom. The number of carbonyl (C=O) groups excluding carboxylic acids is 2. The second-order valence-corrected chi connectivity index (χ2v) is 4.84. The van der Waals surface area contributed by atoms with E-state index < -0.39 is 0 Å². The molecule has 2 rings (SSSR count). The largest absolute Gasteiger partial charge is 0.350 e. The smallest absolute Gasteiger partial charge is 0.239 e. The van der Waals surface area contributed by atoms with Gasteiger partial charge in [-0.2, -0.15) is 0 Å². The average Bonchev–Trinajstić information content (AvgIpc) is 2.53. The minimum Gasteiger partial charge on any atom is -0.350 e. The molecule has 114 valence electrons. The summed E-state index contributed by atoms with van der Waals surface area (Å²) in [6.07, 6.45) is 0.242. The van der Waals surface area contributed by atoms with E-state index in [1.165, 1.54) is 12.1 Å². The van der Waals surface area contributed by atoms with Crippen LogP contribution in [0.15, 0.2) is 54.6 Å². The summed E-state index contributed by atoms with van der Waals surface area (Å²) in [6.45, 7) is 0.223. The maximum absolute atomic E-state index is 12.7. The fourth-order valence-corrected chi connectivity index (χ4v) is 1.89. The maximum Gasteiger partial charge on any atom is 0.239 e. The number of amides is 2. The number of halogens is 1. The molecule has 0 aliphatic carbocycles. The Labute approximate surface area is 128 Å². The van der Waals surface area contributed by atoms with Crippen LogP contribution in [0.1, 0.15) is 11.1 Å². The fraction of sp³-hybridized carbons (Fsp3) is 0.176. The van der Waals surface area contributed by atoms with Gasteiger partial charge in [-0.05, 0) is 23.3 Å². The van der Waals surface area contributed by atoms with Crippen LogP contribution in [0.2, 0.25) is 0 Å². The summed E-state index contributed by atoms with van der Waals surface area (Å²) in [4.78, 5) is 23.3. The molecule has 22 heavy (non-hydrogen) atoms. The zero-order chi connectivity index (χ0) is 15.8. The quantitative estimate of drug-likeness (QED) is 0.854. The maximum atomic E-state index is 12.7. The number of benzene rings is 2. The van der Waals surface area contributed by atoms with Gasteiger partial charge in [0.15, 0.2) is 0 Å². The fourth-order valence-electron chi connectivity index (χ4n) is 1.89. The van der Waals surface area contributed by atoms with Crippen LogP contribution in [0.25, 0.3) is 0 Å². The first-order valence-electron chi connectivity index (χ1n) is 6.95. The van der Waals surface area contributed by atoms with Crippen molar-refractivity contribution in [1.82, 2.24) is 10.6 Å². The molecule has 0 spiro atoms. The molecule has 2 amide bonds. The minimum absolute atomic E-state index is 0.0765. The van der Waals surface area contributed by atoms with Crippen molar-refractivity contribution in [2.24, 2.45) is 0 Å². The van der Waals surface area contributed by atoms with E-state index in [2.05, 4.69) is 10.6 Å². The van der Waals surface area contributed by atoms with Gasteiger partial charge in [0.1, 0.15) is 5.82 Å². The molecule has 0 atom stereocenters. The molecule has 0 aliphatic rings. The number of hydrogen-bond acceptors (Lipinski definition) is 2. The van der Waals surface area contributed by atoms with E-state index in [0.29, 0.717) is 6.54 Å². The van der Waals surface area contributed by atoms with E-state index in [1.54, 1.807) is 12.1 Å². The van der Waals surface area contributed by atoms with E-state index in [-0.39, 0.29) is 30.6 Å². The van der Waals surface area contributed by atoms with Gasteiger partial charge in [0.05, 0.1) is 13.0 Å². The highest BCUT2D eigenvalue weighted by atomic mass is 19.1. The van der Waals surface area contributed by atoms with Crippen molar-refractivity contribution in [3.8, 4) is 0 Å². The molecular formula is C17H17FN2O2. The third-order valence-electron chi connectivity index (χ3n) is 3.06. The van der Waals surface area contributed by atoms with Crippen LogP contribution < -0.4 is 10.6 Å².